The number of carbonyl (C=O) groups is 2. The van der Waals surface area contributed by atoms with E-state index in [-0.39, 0.29) is 0 Å². The molecule has 27 heavy (non-hydrogen) atoms. The maximum absolute atomic E-state index is 12.9. The largest absolute Gasteiger partial charge is 0.496 e. The fraction of sp³-hybridized carbons (Fsp3) is 0.263. The predicted molar refractivity (Wildman–Crippen MR) is 91.3 cm³/mol. The van der Waals surface area contributed by atoms with Crippen LogP contribution in [-0.4, -0.2) is 25.6 Å². The second-order valence-corrected chi connectivity index (χ2v) is 5.65. The van der Waals surface area contributed by atoms with E-state index in [9.17, 15) is 22.8 Å². The number of benzene rings is 2. The molecule has 1 N–H and O–H groups in total. The summed E-state index contributed by atoms with van der Waals surface area (Å²) in [5, 5.41) is 2.60. The Balaban J connectivity index is 1.99. The van der Waals surface area contributed by atoms with Gasteiger partial charge < -0.3 is 14.8 Å². The molecule has 0 radical (unpaired) electrons. The monoisotopic (exact) mass is 381 g/mol. The van der Waals surface area contributed by atoms with Gasteiger partial charge in [0.1, 0.15) is 5.75 Å². The third kappa shape index (κ3) is 5.22. The van der Waals surface area contributed by atoms with E-state index in [0.29, 0.717) is 11.3 Å². The lowest BCUT2D eigenvalue weighted by molar-refractivity contribution is -0.138. The zero-order chi connectivity index (χ0) is 20.0. The summed E-state index contributed by atoms with van der Waals surface area (Å²) in [5.74, 6) is -1.30. The molecule has 5 nitrogen and oxygen atoms in total. The topological polar surface area (TPSA) is 64.6 Å². The van der Waals surface area contributed by atoms with Gasteiger partial charge in [-0.2, -0.15) is 13.2 Å². The van der Waals surface area contributed by atoms with E-state index in [0.717, 1.165) is 12.1 Å². The van der Waals surface area contributed by atoms with Crippen molar-refractivity contribution in [3.05, 3.63) is 65.2 Å². The number of amides is 1. The summed E-state index contributed by atoms with van der Waals surface area (Å²) in [6.45, 7) is 1.00. The lowest BCUT2D eigenvalue weighted by atomic mass is 10.1. The van der Waals surface area contributed by atoms with Crippen molar-refractivity contribution in [3.8, 4) is 5.75 Å². The van der Waals surface area contributed by atoms with E-state index in [4.69, 9.17) is 9.47 Å². The number of methoxy groups -OCH3 is 1. The Morgan fingerprint density at radius 3 is 2.37 bits per heavy atom. The van der Waals surface area contributed by atoms with Crippen LogP contribution < -0.4 is 10.1 Å². The fourth-order valence-corrected chi connectivity index (χ4v) is 2.50. The molecular weight excluding hydrogens is 363 g/mol. The van der Waals surface area contributed by atoms with Gasteiger partial charge in [0.25, 0.3) is 5.91 Å². The van der Waals surface area contributed by atoms with Crippen LogP contribution in [0.3, 0.4) is 0 Å². The molecule has 1 amide bonds. The maximum atomic E-state index is 12.9. The highest BCUT2D eigenvalue weighted by Gasteiger charge is 2.35. The SMILES string of the molecule is COc1ccccc1C(C)NC(=O)COC(=O)c1ccccc1C(F)(F)F. The Labute approximate surface area is 154 Å². The molecule has 2 aromatic carbocycles. The molecule has 0 heterocycles. The number of halogens is 3. The van der Waals surface area contributed by atoms with E-state index >= 15 is 0 Å². The minimum absolute atomic E-state index is 0.449. The minimum Gasteiger partial charge on any atom is -0.496 e. The third-order valence-corrected chi connectivity index (χ3v) is 3.77. The van der Waals surface area contributed by atoms with Crippen molar-refractivity contribution >= 4 is 11.9 Å². The molecule has 0 fully saturated rings. The number of hydrogen-bond acceptors (Lipinski definition) is 4. The first-order valence-corrected chi connectivity index (χ1v) is 7.99. The number of rotatable bonds is 6. The van der Waals surface area contributed by atoms with Gasteiger partial charge in [-0.25, -0.2) is 4.79 Å². The average molecular weight is 381 g/mol. The van der Waals surface area contributed by atoms with Crippen LogP contribution in [0.4, 0.5) is 13.2 Å². The van der Waals surface area contributed by atoms with Crippen LogP contribution in [-0.2, 0) is 15.7 Å². The van der Waals surface area contributed by atoms with E-state index in [1.807, 2.05) is 0 Å². The summed E-state index contributed by atoms with van der Waals surface area (Å²) in [7, 11) is 1.49. The van der Waals surface area contributed by atoms with Crippen molar-refractivity contribution in [2.24, 2.45) is 0 Å². The first-order valence-electron chi connectivity index (χ1n) is 7.99. The molecule has 0 bridgehead atoms. The molecular formula is C19H18F3NO4. The van der Waals surface area contributed by atoms with Gasteiger partial charge in [-0.05, 0) is 25.1 Å². The van der Waals surface area contributed by atoms with Gasteiger partial charge in [-0.15, -0.1) is 0 Å². The highest BCUT2D eigenvalue weighted by molar-refractivity contribution is 5.93. The Kier molecular flexibility index (Phi) is 6.44. The second-order valence-electron chi connectivity index (χ2n) is 5.65. The standard InChI is InChI=1S/C19H18F3NO4/c1-12(13-7-4-6-10-16(13)26-2)23-17(24)11-27-18(25)14-8-3-5-9-15(14)19(20,21)22/h3-10,12H,11H2,1-2H3,(H,23,24). The second kappa shape index (κ2) is 8.57. The lowest BCUT2D eigenvalue weighted by Gasteiger charge is -2.17. The number of para-hydroxylation sites is 1. The molecule has 1 unspecified atom stereocenters. The molecule has 144 valence electrons. The number of esters is 1. The summed E-state index contributed by atoms with van der Waals surface area (Å²) in [4.78, 5) is 23.9. The Bertz CT molecular complexity index is 821. The summed E-state index contributed by atoms with van der Waals surface area (Å²) >= 11 is 0. The van der Waals surface area contributed by atoms with Gasteiger partial charge in [0.05, 0.1) is 24.3 Å². The van der Waals surface area contributed by atoms with Gasteiger partial charge in [0.2, 0.25) is 0 Å². The smallest absolute Gasteiger partial charge is 0.417 e. The summed E-state index contributed by atoms with van der Waals surface area (Å²) in [5.41, 5.74) is -1.05. The Hall–Kier alpha value is -3.03. The number of hydrogen-bond donors (Lipinski definition) is 1. The summed E-state index contributed by atoms with van der Waals surface area (Å²) in [6.07, 6.45) is -4.70. The van der Waals surface area contributed by atoms with E-state index < -0.39 is 41.8 Å². The van der Waals surface area contributed by atoms with Crippen LogP contribution >= 0.6 is 0 Å². The normalized spacial score (nSPS) is 12.2. The minimum atomic E-state index is -4.70. The lowest BCUT2D eigenvalue weighted by Crippen LogP contribution is -2.31. The first kappa shape index (κ1) is 20.3. The molecule has 0 saturated heterocycles. The van der Waals surface area contributed by atoms with Gasteiger partial charge in [-0.3, -0.25) is 4.79 Å². The number of nitrogens with one attached hydrogen (secondary N) is 1. The van der Waals surface area contributed by atoms with Crippen molar-refractivity contribution in [3.63, 3.8) is 0 Å². The van der Waals surface area contributed by atoms with E-state index in [1.165, 1.54) is 19.2 Å². The molecule has 0 aliphatic heterocycles. The van der Waals surface area contributed by atoms with Crippen LogP contribution in [0, 0.1) is 0 Å². The van der Waals surface area contributed by atoms with Crippen LogP contribution in [0.15, 0.2) is 48.5 Å². The highest BCUT2D eigenvalue weighted by atomic mass is 19.4. The number of carbonyl (C=O) groups excluding carboxylic acids is 2. The summed E-state index contributed by atoms with van der Waals surface area (Å²) in [6, 6.07) is 10.8. The average Bonchev–Trinajstić information content (AvgIpc) is 2.65. The molecule has 1 atom stereocenters. The zero-order valence-corrected chi connectivity index (χ0v) is 14.7. The molecule has 0 saturated carbocycles. The zero-order valence-electron chi connectivity index (χ0n) is 14.7. The number of alkyl halides is 3. The van der Waals surface area contributed by atoms with Crippen molar-refractivity contribution < 1.29 is 32.2 Å². The number of ether oxygens (including phenoxy) is 2. The van der Waals surface area contributed by atoms with Gasteiger partial charge >= 0.3 is 12.1 Å². The molecule has 0 aromatic heterocycles. The Morgan fingerprint density at radius 1 is 1.07 bits per heavy atom. The maximum Gasteiger partial charge on any atom is 0.417 e. The van der Waals surface area contributed by atoms with Gasteiger partial charge in [0.15, 0.2) is 6.61 Å². The van der Waals surface area contributed by atoms with Gasteiger partial charge in [-0.1, -0.05) is 30.3 Å². The molecule has 0 spiro atoms. The van der Waals surface area contributed by atoms with Crippen LogP contribution in [0.5, 0.6) is 5.75 Å². The van der Waals surface area contributed by atoms with E-state index in [1.54, 1.807) is 31.2 Å². The third-order valence-electron chi connectivity index (χ3n) is 3.77. The van der Waals surface area contributed by atoms with Gasteiger partial charge in [0, 0.05) is 5.56 Å². The predicted octanol–water partition coefficient (Wildman–Crippen LogP) is 3.75. The molecule has 0 aliphatic carbocycles. The molecule has 8 heteroatoms. The van der Waals surface area contributed by atoms with E-state index in [2.05, 4.69) is 5.32 Å². The quantitative estimate of drug-likeness (QED) is 0.774. The fourth-order valence-electron chi connectivity index (χ4n) is 2.50. The van der Waals surface area contributed by atoms with Crippen molar-refractivity contribution in [2.45, 2.75) is 19.1 Å². The Morgan fingerprint density at radius 2 is 1.70 bits per heavy atom. The van der Waals surface area contributed by atoms with Crippen LogP contribution in [0.2, 0.25) is 0 Å². The van der Waals surface area contributed by atoms with Crippen LogP contribution in [0.25, 0.3) is 0 Å². The first-order chi connectivity index (χ1) is 12.7. The van der Waals surface area contributed by atoms with Crippen molar-refractivity contribution in [1.82, 2.24) is 5.32 Å². The molecule has 2 aromatic rings. The van der Waals surface area contributed by atoms with Crippen LogP contribution in [0.1, 0.15) is 34.5 Å². The molecule has 0 aliphatic rings. The van der Waals surface area contributed by atoms with Crippen molar-refractivity contribution in [1.29, 1.82) is 0 Å². The summed E-state index contributed by atoms with van der Waals surface area (Å²) < 4.78 is 48.8. The molecule has 2 rings (SSSR count). The van der Waals surface area contributed by atoms with Crippen molar-refractivity contribution in [2.75, 3.05) is 13.7 Å². The highest BCUT2D eigenvalue weighted by Crippen LogP contribution is 2.32.